The van der Waals surface area contributed by atoms with E-state index in [-0.39, 0.29) is 5.91 Å². The monoisotopic (exact) mass is 292 g/mol. The minimum Gasteiger partial charge on any atom is -0.311 e. The maximum Gasteiger partial charge on any atom is 0.225 e. The number of para-hydroxylation sites is 1. The van der Waals surface area contributed by atoms with Crippen LogP contribution in [0.4, 0.5) is 5.82 Å². The molecule has 2 heterocycles. The van der Waals surface area contributed by atoms with Crippen molar-refractivity contribution in [1.82, 2.24) is 14.8 Å². The van der Waals surface area contributed by atoms with E-state index in [0.717, 1.165) is 16.9 Å². The minimum atomic E-state index is -0.0432. The van der Waals surface area contributed by atoms with Gasteiger partial charge in [0, 0.05) is 30.4 Å². The molecule has 0 aliphatic heterocycles. The van der Waals surface area contributed by atoms with Gasteiger partial charge in [0.25, 0.3) is 0 Å². The van der Waals surface area contributed by atoms with Gasteiger partial charge < -0.3 is 5.32 Å². The van der Waals surface area contributed by atoms with E-state index in [4.69, 9.17) is 0 Å². The molecule has 1 aromatic carbocycles. The van der Waals surface area contributed by atoms with E-state index in [9.17, 15) is 4.79 Å². The van der Waals surface area contributed by atoms with Crippen LogP contribution in [-0.2, 0) is 4.79 Å². The molecule has 0 saturated carbocycles. The maximum atomic E-state index is 11.7. The molecule has 22 heavy (non-hydrogen) atoms. The lowest BCUT2D eigenvalue weighted by Gasteiger charge is -2.07. The van der Waals surface area contributed by atoms with E-state index in [1.54, 1.807) is 17.1 Å². The molecule has 2 aromatic heterocycles. The molecular formula is C17H16N4O. The van der Waals surface area contributed by atoms with Gasteiger partial charge in [-0.1, -0.05) is 25.1 Å². The van der Waals surface area contributed by atoms with E-state index in [1.807, 2.05) is 55.5 Å². The van der Waals surface area contributed by atoms with Crippen LogP contribution in [0.3, 0.4) is 0 Å². The van der Waals surface area contributed by atoms with Crippen molar-refractivity contribution in [3.63, 3.8) is 0 Å². The molecule has 3 rings (SSSR count). The van der Waals surface area contributed by atoms with Gasteiger partial charge >= 0.3 is 0 Å². The third-order valence-electron chi connectivity index (χ3n) is 3.27. The largest absolute Gasteiger partial charge is 0.311 e. The Kier molecular flexibility index (Phi) is 3.96. The molecule has 1 N–H and O–H groups in total. The van der Waals surface area contributed by atoms with E-state index >= 15 is 0 Å². The fourth-order valence-corrected chi connectivity index (χ4v) is 2.13. The zero-order valence-corrected chi connectivity index (χ0v) is 12.2. The summed E-state index contributed by atoms with van der Waals surface area (Å²) in [5.74, 6) is 0.614. The lowest BCUT2D eigenvalue weighted by Crippen LogP contribution is -2.13. The molecule has 5 nitrogen and oxygen atoms in total. The van der Waals surface area contributed by atoms with Crippen molar-refractivity contribution < 1.29 is 4.79 Å². The average Bonchev–Trinajstić information content (AvgIpc) is 3.00. The zero-order valence-electron chi connectivity index (χ0n) is 12.2. The molecule has 0 aliphatic rings. The van der Waals surface area contributed by atoms with Crippen molar-refractivity contribution in [1.29, 1.82) is 0 Å². The molecule has 0 radical (unpaired) electrons. The normalized spacial score (nSPS) is 10.4. The van der Waals surface area contributed by atoms with E-state index in [2.05, 4.69) is 15.4 Å². The number of benzene rings is 1. The lowest BCUT2D eigenvalue weighted by molar-refractivity contribution is -0.115. The number of anilines is 1. The Balaban J connectivity index is 2.07. The molecule has 0 fully saturated rings. The molecule has 110 valence electrons. The second-order valence-corrected chi connectivity index (χ2v) is 4.80. The van der Waals surface area contributed by atoms with Gasteiger partial charge in [0.1, 0.15) is 5.82 Å². The summed E-state index contributed by atoms with van der Waals surface area (Å²) in [5.41, 5.74) is 2.64. The second kappa shape index (κ2) is 6.22. The molecule has 0 unspecified atom stereocenters. The third kappa shape index (κ3) is 2.88. The molecule has 0 atom stereocenters. The molecule has 1 amide bonds. The predicted octanol–water partition coefficient (Wildman–Crippen LogP) is 3.28. The Hall–Kier alpha value is -2.95. The second-order valence-electron chi connectivity index (χ2n) is 4.80. The van der Waals surface area contributed by atoms with Crippen molar-refractivity contribution in [3.8, 4) is 16.9 Å². The number of amides is 1. The van der Waals surface area contributed by atoms with Crippen molar-refractivity contribution >= 4 is 11.7 Å². The summed E-state index contributed by atoms with van der Waals surface area (Å²) in [7, 11) is 0. The molecule has 0 aliphatic carbocycles. The van der Waals surface area contributed by atoms with Crippen molar-refractivity contribution in [2.45, 2.75) is 13.3 Å². The highest BCUT2D eigenvalue weighted by molar-refractivity contribution is 5.90. The van der Waals surface area contributed by atoms with Crippen LogP contribution < -0.4 is 5.32 Å². The van der Waals surface area contributed by atoms with Gasteiger partial charge in [-0.25, -0.2) is 4.68 Å². The lowest BCUT2D eigenvalue weighted by atomic mass is 10.2. The zero-order chi connectivity index (χ0) is 15.4. The number of nitrogens with zero attached hydrogens (tertiary/aromatic N) is 3. The first-order chi connectivity index (χ1) is 10.8. The quantitative estimate of drug-likeness (QED) is 0.802. The van der Waals surface area contributed by atoms with Crippen LogP contribution in [-0.4, -0.2) is 20.7 Å². The van der Waals surface area contributed by atoms with Gasteiger partial charge in [0.15, 0.2) is 0 Å². The molecule has 5 heteroatoms. The van der Waals surface area contributed by atoms with Gasteiger partial charge in [-0.2, -0.15) is 5.10 Å². The number of carbonyl (C=O) groups excluding carboxylic acids is 1. The topological polar surface area (TPSA) is 59.8 Å². The summed E-state index contributed by atoms with van der Waals surface area (Å²) in [6.07, 6.45) is 3.87. The summed E-state index contributed by atoms with van der Waals surface area (Å²) in [4.78, 5) is 15.8. The summed E-state index contributed by atoms with van der Waals surface area (Å²) >= 11 is 0. The first-order valence-corrected chi connectivity index (χ1v) is 7.13. The van der Waals surface area contributed by atoms with Crippen molar-refractivity contribution in [2.24, 2.45) is 0 Å². The third-order valence-corrected chi connectivity index (χ3v) is 3.27. The molecular weight excluding hydrogens is 276 g/mol. The Morgan fingerprint density at radius 3 is 2.55 bits per heavy atom. The SMILES string of the molecule is CCC(=O)Nc1cc(-c2ccncc2)nn1-c1ccccc1. The van der Waals surface area contributed by atoms with Crippen LogP contribution >= 0.6 is 0 Å². The number of carbonyl (C=O) groups is 1. The number of hydrogen-bond acceptors (Lipinski definition) is 3. The first-order valence-electron chi connectivity index (χ1n) is 7.13. The molecule has 0 saturated heterocycles. The van der Waals surface area contributed by atoms with Gasteiger partial charge in [0.05, 0.1) is 11.4 Å². The molecule has 0 bridgehead atoms. The van der Waals surface area contributed by atoms with Crippen LogP contribution in [0.15, 0.2) is 60.9 Å². The van der Waals surface area contributed by atoms with Crippen LogP contribution in [0, 0.1) is 0 Å². The van der Waals surface area contributed by atoms with E-state index < -0.39 is 0 Å². The highest BCUT2D eigenvalue weighted by Gasteiger charge is 2.12. The standard InChI is InChI=1S/C17H16N4O/c1-2-17(22)19-16-12-15(13-8-10-18-11-9-13)20-21(16)14-6-4-3-5-7-14/h3-12H,2H2,1H3,(H,19,22). The van der Waals surface area contributed by atoms with Gasteiger partial charge in [-0.05, 0) is 24.3 Å². The van der Waals surface area contributed by atoms with Crippen LogP contribution in [0.5, 0.6) is 0 Å². The van der Waals surface area contributed by atoms with Gasteiger partial charge in [-0.3, -0.25) is 9.78 Å². The van der Waals surface area contributed by atoms with Crippen LogP contribution in [0.2, 0.25) is 0 Å². The van der Waals surface area contributed by atoms with Crippen molar-refractivity contribution in [3.05, 3.63) is 60.9 Å². The smallest absolute Gasteiger partial charge is 0.225 e. The van der Waals surface area contributed by atoms with Crippen LogP contribution in [0.1, 0.15) is 13.3 Å². The number of rotatable bonds is 4. The number of aromatic nitrogens is 3. The number of pyridine rings is 1. The Morgan fingerprint density at radius 2 is 1.86 bits per heavy atom. The summed E-state index contributed by atoms with van der Waals surface area (Å²) < 4.78 is 1.74. The fraction of sp³-hybridized carbons (Fsp3) is 0.118. The Morgan fingerprint density at radius 1 is 1.14 bits per heavy atom. The van der Waals surface area contributed by atoms with E-state index in [0.29, 0.717) is 12.2 Å². The highest BCUT2D eigenvalue weighted by Crippen LogP contribution is 2.24. The number of nitrogens with one attached hydrogen (secondary N) is 1. The van der Waals surface area contributed by atoms with Crippen LogP contribution in [0.25, 0.3) is 16.9 Å². The summed E-state index contributed by atoms with van der Waals surface area (Å²) in [5, 5.41) is 7.51. The molecule has 3 aromatic rings. The van der Waals surface area contributed by atoms with Crippen molar-refractivity contribution in [2.75, 3.05) is 5.32 Å². The summed E-state index contributed by atoms with van der Waals surface area (Å²) in [6, 6.07) is 15.4. The predicted molar refractivity (Wildman–Crippen MR) is 85.7 cm³/mol. The highest BCUT2D eigenvalue weighted by atomic mass is 16.1. The number of hydrogen-bond donors (Lipinski definition) is 1. The summed E-state index contributed by atoms with van der Waals surface area (Å²) in [6.45, 7) is 1.82. The fourth-order valence-electron chi connectivity index (χ4n) is 2.13. The van der Waals surface area contributed by atoms with Gasteiger partial charge in [0.2, 0.25) is 5.91 Å². The Labute approximate surface area is 128 Å². The Bertz CT molecular complexity index is 766. The maximum absolute atomic E-state index is 11.7. The van der Waals surface area contributed by atoms with Gasteiger partial charge in [-0.15, -0.1) is 0 Å². The average molecular weight is 292 g/mol. The first kappa shape index (κ1) is 14.0. The van der Waals surface area contributed by atoms with E-state index in [1.165, 1.54) is 0 Å². The molecule has 0 spiro atoms. The minimum absolute atomic E-state index is 0.0432.